The van der Waals surface area contributed by atoms with Gasteiger partial charge >= 0.3 is 0 Å². The Kier molecular flexibility index (Phi) is 4.60. The molecule has 2 aromatic rings. The van der Waals surface area contributed by atoms with Gasteiger partial charge in [0.15, 0.2) is 0 Å². The van der Waals surface area contributed by atoms with Gasteiger partial charge in [-0.25, -0.2) is 0 Å². The van der Waals surface area contributed by atoms with Crippen LogP contribution in [-0.4, -0.2) is 12.5 Å². The SMILES string of the molecule is CCN(C(=O)c1ccc(C)cc1NN)c1ccccc1C. The van der Waals surface area contributed by atoms with Gasteiger partial charge in [-0.2, -0.15) is 0 Å². The molecule has 1 amide bonds. The van der Waals surface area contributed by atoms with Gasteiger partial charge < -0.3 is 10.3 Å². The maximum Gasteiger partial charge on any atom is 0.260 e. The number of carbonyl (C=O) groups excluding carboxylic acids is 1. The van der Waals surface area contributed by atoms with E-state index in [-0.39, 0.29) is 5.91 Å². The van der Waals surface area contributed by atoms with Crippen LogP contribution in [0.25, 0.3) is 0 Å². The van der Waals surface area contributed by atoms with Gasteiger partial charge in [-0.15, -0.1) is 0 Å². The molecule has 0 unspecified atom stereocenters. The van der Waals surface area contributed by atoms with Crippen LogP contribution in [0.3, 0.4) is 0 Å². The molecule has 4 heteroatoms. The van der Waals surface area contributed by atoms with E-state index in [1.54, 1.807) is 4.90 Å². The average Bonchev–Trinajstić information content (AvgIpc) is 2.49. The average molecular weight is 283 g/mol. The normalized spacial score (nSPS) is 10.3. The van der Waals surface area contributed by atoms with Crippen molar-refractivity contribution in [2.24, 2.45) is 5.84 Å². The van der Waals surface area contributed by atoms with Crippen LogP contribution in [-0.2, 0) is 0 Å². The lowest BCUT2D eigenvalue weighted by atomic mass is 10.1. The molecule has 0 spiro atoms. The number of carbonyl (C=O) groups is 1. The monoisotopic (exact) mass is 283 g/mol. The molecule has 2 aromatic carbocycles. The van der Waals surface area contributed by atoms with Gasteiger partial charge in [-0.3, -0.25) is 10.6 Å². The van der Waals surface area contributed by atoms with E-state index in [9.17, 15) is 4.79 Å². The fourth-order valence-electron chi connectivity index (χ4n) is 2.40. The fraction of sp³-hybridized carbons (Fsp3) is 0.235. The highest BCUT2D eigenvalue weighted by atomic mass is 16.2. The largest absolute Gasteiger partial charge is 0.323 e. The number of hydrazine groups is 1. The predicted octanol–water partition coefficient (Wildman–Crippen LogP) is 3.26. The number of nitrogens with zero attached hydrogens (tertiary/aromatic N) is 1. The summed E-state index contributed by atoms with van der Waals surface area (Å²) in [6, 6.07) is 13.5. The lowest BCUT2D eigenvalue weighted by Gasteiger charge is -2.24. The Balaban J connectivity index is 2.44. The summed E-state index contributed by atoms with van der Waals surface area (Å²) in [4.78, 5) is 14.6. The molecule has 3 N–H and O–H groups in total. The molecule has 0 atom stereocenters. The summed E-state index contributed by atoms with van der Waals surface area (Å²) in [5.74, 6) is 5.49. The number of nitrogens with one attached hydrogen (secondary N) is 1. The molecule has 0 radical (unpaired) electrons. The molecule has 0 saturated heterocycles. The third-order valence-electron chi connectivity index (χ3n) is 3.53. The quantitative estimate of drug-likeness (QED) is 0.669. The molecular formula is C17H21N3O. The topological polar surface area (TPSA) is 58.4 Å². The van der Waals surface area contributed by atoms with Crippen molar-refractivity contribution in [1.82, 2.24) is 0 Å². The van der Waals surface area contributed by atoms with Crippen LogP contribution in [0.1, 0.15) is 28.4 Å². The van der Waals surface area contributed by atoms with Crippen LogP contribution in [0.15, 0.2) is 42.5 Å². The number of nitrogens with two attached hydrogens (primary N) is 1. The number of rotatable bonds is 4. The van der Waals surface area contributed by atoms with Crippen LogP contribution in [0, 0.1) is 13.8 Å². The first-order valence-corrected chi connectivity index (χ1v) is 7.03. The molecule has 4 nitrogen and oxygen atoms in total. The molecule has 110 valence electrons. The van der Waals surface area contributed by atoms with Crippen molar-refractivity contribution in [3.63, 3.8) is 0 Å². The van der Waals surface area contributed by atoms with E-state index in [1.807, 2.05) is 63.2 Å². The summed E-state index contributed by atoms with van der Waals surface area (Å²) in [6.07, 6.45) is 0. The standard InChI is InChI=1S/C17H21N3O/c1-4-20(16-8-6-5-7-13(16)3)17(21)14-10-9-12(2)11-15(14)19-18/h5-11,19H,4,18H2,1-3H3. The van der Waals surface area contributed by atoms with E-state index in [1.165, 1.54) is 0 Å². The van der Waals surface area contributed by atoms with Crippen LogP contribution in [0.5, 0.6) is 0 Å². The lowest BCUT2D eigenvalue weighted by Crippen LogP contribution is -2.32. The zero-order chi connectivity index (χ0) is 15.4. The molecule has 2 rings (SSSR count). The second-order valence-electron chi connectivity index (χ2n) is 5.03. The second kappa shape index (κ2) is 6.41. The second-order valence-corrected chi connectivity index (χ2v) is 5.03. The Morgan fingerprint density at radius 1 is 1.19 bits per heavy atom. The highest BCUT2D eigenvalue weighted by Gasteiger charge is 2.20. The first-order chi connectivity index (χ1) is 10.1. The molecule has 0 aromatic heterocycles. The first-order valence-electron chi connectivity index (χ1n) is 7.03. The van der Waals surface area contributed by atoms with Gasteiger partial charge in [-0.05, 0) is 50.1 Å². The minimum absolute atomic E-state index is 0.0558. The molecule has 0 aliphatic carbocycles. The summed E-state index contributed by atoms with van der Waals surface area (Å²) >= 11 is 0. The molecule has 0 aliphatic heterocycles. The molecule has 0 bridgehead atoms. The summed E-state index contributed by atoms with van der Waals surface area (Å²) in [7, 11) is 0. The maximum absolute atomic E-state index is 12.8. The number of aryl methyl sites for hydroxylation is 2. The Morgan fingerprint density at radius 3 is 2.52 bits per heavy atom. The third-order valence-corrected chi connectivity index (χ3v) is 3.53. The minimum Gasteiger partial charge on any atom is -0.323 e. The highest BCUT2D eigenvalue weighted by Crippen LogP contribution is 2.24. The number of anilines is 2. The van der Waals surface area contributed by atoms with E-state index >= 15 is 0 Å². The minimum atomic E-state index is -0.0558. The lowest BCUT2D eigenvalue weighted by molar-refractivity contribution is 0.0989. The number of benzene rings is 2. The van der Waals surface area contributed by atoms with Crippen molar-refractivity contribution >= 4 is 17.3 Å². The van der Waals surface area contributed by atoms with E-state index in [4.69, 9.17) is 5.84 Å². The molecule has 0 aliphatic rings. The summed E-state index contributed by atoms with van der Waals surface area (Å²) in [5, 5.41) is 0. The summed E-state index contributed by atoms with van der Waals surface area (Å²) in [5.41, 5.74) is 6.89. The molecule has 0 fully saturated rings. The molecule has 21 heavy (non-hydrogen) atoms. The number of nitrogen functional groups attached to an aromatic ring is 1. The summed E-state index contributed by atoms with van der Waals surface area (Å²) < 4.78 is 0. The maximum atomic E-state index is 12.8. The molecule has 0 saturated carbocycles. The van der Waals surface area contributed by atoms with Gasteiger partial charge in [0.05, 0.1) is 11.3 Å². The van der Waals surface area contributed by atoms with E-state index in [0.29, 0.717) is 17.8 Å². The van der Waals surface area contributed by atoms with Crippen LogP contribution in [0.4, 0.5) is 11.4 Å². The fourth-order valence-corrected chi connectivity index (χ4v) is 2.40. The van der Waals surface area contributed by atoms with Crippen molar-refractivity contribution in [2.75, 3.05) is 16.9 Å². The van der Waals surface area contributed by atoms with Crippen molar-refractivity contribution in [2.45, 2.75) is 20.8 Å². The Bertz CT molecular complexity index is 652. The van der Waals surface area contributed by atoms with Gasteiger partial charge in [0.1, 0.15) is 0 Å². The Labute approximate surface area is 125 Å². The van der Waals surface area contributed by atoms with Crippen LogP contribution >= 0.6 is 0 Å². The Hall–Kier alpha value is -2.33. The first kappa shape index (κ1) is 15.1. The van der Waals surface area contributed by atoms with Gasteiger partial charge in [0, 0.05) is 12.2 Å². The zero-order valence-electron chi connectivity index (χ0n) is 12.7. The van der Waals surface area contributed by atoms with Gasteiger partial charge in [0.25, 0.3) is 5.91 Å². The number of hydrogen-bond acceptors (Lipinski definition) is 3. The van der Waals surface area contributed by atoms with Gasteiger partial charge in [0.2, 0.25) is 0 Å². The zero-order valence-corrected chi connectivity index (χ0v) is 12.7. The predicted molar refractivity (Wildman–Crippen MR) is 87.5 cm³/mol. The van der Waals surface area contributed by atoms with Crippen molar-refractivity contribution in [1.29, 1.82) is 0 Å². The number of hydrogen-bond donors (Lipinski definition) is 2. The number of para-hydroxylation sites is 1. The van der Waals surface area contributed by atoms with E-state index < -0.39 is 0 Å². The van der Waals surface area contributed by atoms with Crippen LogP contribution < -0.4 is 16.2 Å². The van der Waals surface area contributed by atoms with E-state index in [0.717, 1.165) is 16.8 Å². The van der Waals surface area contributed by atoms with E-state index in [2.05, 4.69) is 5.43 Å². The van der Waals surface area contributed by atoms with Gasteiger partial charge in [-0.1, -0.05) is 24.3 Å². The molecule has 0 heterocycles. The van der Waals surface area contributed by atoms with Crippen LogP contribution in [0.2, 0.25) is 0 Å². The Morgan fingerprint density at radius 2 is 1.90 bits per heavy atom. The van der Waals surface area contributed by atoms with Crippen molar-refractivity contribution in [3.8, 4) is 0 Å². The molecular weight excluding hydrogens is 262 g/mol. The van der Waals surface area contributed by atoms with Crippen molar-refractivity contribution in [3.05, 3.63) is 59.2 Å². The number of amides is 1. The van der Waals surface area contributed by atoms with Crippen molar-refractivity contribution < 1.29 is 4.79 Å². The highest BCUT2D eigenvalue weighted by molar-refractivity contribution is 6.09. The summed E-state index contributed by atoms with van der Waals surface area (Å²) in [6.45, 7) is 6.53. The third kappa shape index (κ3) is 3.06. The smallest absolute Gasteiger partial charge is 0.260 e.